The lowest BCUT2D eigenvalue weighted by atomic mass is 10.1. The second-order valence-corrected chi connectivity index (χ2v) is 6.95. The first-order valence-electron chi connectivity index (χ1n) is 8.84. The normalized spacial score (nSPS) is 13.4. The van der Waals surface area contributed by atoms with Crippen molar-refractivity contribution in [3.8, 4) is 22.7 Å². The summed E-state index contributed by atoms with van der Waals surface area (Å²) >= 11 is 6.01. The molecule has 2 N–H and O–H groups in total. The summed E-state index contributed by atoms with van der Waals surface area (Å²) in [6, 6.07) is 16.9. The van der Waals surface area contributed by atoms with E-state index < -0.39 is 12.2 Å². The Labute approximate surface area is 163 Å². The maximum atomic E-state index is 10.5. The second kappa shape index (κ2) is 8.57. The van der Waals surface area contributed by atoms with Crippen LogP contribution in [-0.2, 0) is 0 Å². The molecule has 0 aliphatic rings. The Bertz CT molecular complexity index is 873. The van der Waals surface area contributed by atoms with Crippen LogP contribution in [0.25, 0.3) is 16.9 Å². The lowest BCUT2D eigenvalue weighted by Gasteiger charge is -2.09. The molecule has 2 atom stereocenters. The minimum absolute atomic E-state index is 0.442. The third-order valence-electron chi connectivity index (χ3n) is 4.38. The van der Waals surface area contributed by atoms with Gasteiger partial charge in [0.25, 0.3) is 0 Å². The molecule has 2 aromatic carbocycles. The first kappa shape index (κ1) is 19.4. The summed E-state index contributed by atoms with van der Waals surface area (Å²) in [5, 5.41) is 25.2. The van der Waals surface area contributed by atoms with Crippen LogP contribution in [0.5, 0.6) is 5.75 Å². The van der Waals surface area contributed by atoms with Gasteiger partial charge in [-0.3, -0.25) is 0 Å². The first-order chi connectivity index (χ1) is 13.0. The number of aliphatic hydroxyl groups excluding tert-OH is 2. The summed E-state index contributed by atoms with van der Waals surface area (Å²) in [5.41, 5.74) is 3.22. The summed E-state index contributed by atoms with van der Waals surface area (Å²) in [4.78, 5) is 0. The molecule has 0 saturated carbocycles. The fourth-order valence-electron chi connectivity index (χ4n) is 2.86. The van der Waals surface area contributed by atoms with Crippen molar-refractivity contribution in [3.63, 3.8) is 0 Å². The Balaban J connectivity index is 2.01. The molecule has 1 aromatic heterocycles. The predicted octanol–water partition coefficient (Wildman–Crippen LogP) is 4.40. The number of halogens is 1. The van der Waals surface area contributed by atoms with Gasteiger partial charge in [0, 0.05) is 10.6 Å². The van der Waals surface area contributed by atoms with E-state index in [4.69, 9.17) is 16.3 Å². The van der Waals surface area contributed by atoms with Crippen molar-refractivity contribution in [2.75, 3.05) is 7.11 Å². The molecule has 1 heterocycles. The van der Waals surface area contributed by atoms with Gasteiger partial charge in [0.05, 0.1) is 36.4 Å². The number of nitrogens with zero attached hydrogens (tertiary/aromatic N) is 2. The van der Waals surface area contributed by atoms with Crippen molar-refractivity contribution in [3.05, 3.63) is 65.3 Å². The number of hydrogen-bond donors (Lipinski definition) is 2. The van der Waals surface area contributed by atoms with Gasteiger partial charge in [-0.1, -0.05) is 11.6 Å². The Kier molecular flexibility index (Phi) is 6.16. The van der Waals surface area contributed by atoms with Crippen LogP contribution in [0.15, 0.2) is 54.6 Å². The minimum Gasteiger partial charge on any atom is -0.497 e. The maximum Gasteiger partial charge on any atom is 0.118 e. The number of benzene rings is 2. The van der Waals surface area contributed by atoms with Crippen molar-refractivity contribution in [2.24, 2.45) is 0 Å². The molecule has 0 bridgehead atoms. The van der Waals surface area contributed by atoms with Crippen LogP contribution in [0.2, 0.25) is 5.02 Å². The van der Waals surface area contributed by atoms with E-state index in [0.29, 0.717) is 23.6 Å². The SMILES string of the molecule is COc1ccc(-c2cc(C(O)CCC(C)O)nn2-c2ccc(Cl)cc2)cc1. The molecule has 5 nitrogen and oxygen atoms in total. The summed E-state index contributed by atoms with van der Waals surface area (Å²) in [5.74, 6) is 0.772. The molecule has 142 valence electrons. The van der Waals surface area contributed by atoms with E-state index in [1.807, 2.05) is 42.5 Å². The van der Waals surface area contributed by atoms with Crippen LogP contribution < -0.4 is 4.74 Å². The minimum atomic E-state index is -0.745. The molecule has 0 fully saturated rings. The van der Waals surface area contributed by atoms with Gasteiger partial charge in [0.2, 0.25) is 0 Å². The number of aromatic nitrogens is 2. The van der Waals surface area contributed by atoms with E-state index in [0.717, 1.165) is 22.7 Å². The highest BCUT2D eigenvalue weighted by atomic mass is 35.5. The van der Waals surface area contributed by atoms with Crippen LogP contribution in [0.1, 0.15) is 31.6 Å². The van der Waals surface area contributed by atoms with Gasteiger partial charge in [-0.05, 0) is 74.4 Å². The topological polar surface area (TPSA) is 67.5 Å². The van der Waals surface area contributed by atoms with Gasteiger partial charge >= 0.3 is 0 Å². The molecule has 3 rings (SSSR count). The molecule has 3 aromatic rings. The van der Waals surface area contributed by atoms with Crippen LogP contribution in [-0.4, -0.2) is 33.2 Å². The van der Waals surface area contributed by atoms with Crippen LogP contribution in [0.4, 0.5) is 0 Å². The average Bonchev–Trinajstić information content (AvgIpc) is 3.12. The lowest BCUT2D eigenvalue weighted by molar-refractivity contribution is 0.120. The number of hydrogen-bond acceptors (Lipinski definition) is 4. The van der Waals surface area contributed by atoms with Crippen LogP contribution in [0, 0.1) is 0 Å². The van der Waals surface area contributed by atoms with Gasteiger partial charge in [-0.25, -0.2) is 4.68 Å². The van der Waals surface area contributed by atoms with E-state index in [-0.39, 0.29) is 0 Å². The molecule has 6 heteroatoms. The van der Waals surface area contributed by atoms with E-state index in [9.17, 15) is 10.2 Å². The molecule has 0 amide bonds. The Morgan fingerprint density at radius 1 is 1.04 bits per heavy atom. The van der Waals surface area contributed by atoms with Crippen molar-refractivity contribution in [1.82, 2.24) is 9.78 Å². The zero-order chi connectivity index (χ0) is 19.4. The van der Waals surface area contributed by atoms with Gasteiger partial charge in [-0.2, -0.15) is 5.10 Å². The highest BCUT2D eigenvalue weighted by Crippen LogP contribution is 2.29. The van der Waals surface area contributed by atoms with Gasteiger partial charge in [0.15, 0.2) is 0 Å². The largest absolute Gasteiger partial charge is 0.497 e. The number of rotatable bonds is 7. The highest BCUT2D eigenvalue weighted by molar-refractivity contribution is 6.30. The second-order valence-electron chi connectivity index (χ2n) is 6.51. The summed E-state index contributed by atoms with van der Waals surface area (Å²) in [6.07, 6.45) is -0.256. The van der Waals surface area contributed by atoms with Gasteiger partial charge < -0.3 is 14.9 Å². The van der Waals surface area contributed by atoms with Crippen molar-refractivity contribution in [1.29, 1.82) is 0 Å². The summed E-state index contributed by atoms with van der Waals surface area (Å²) in [6.45, 7) is 1.71. The molecule has 0 aliphatic heterocycles. The van der Waals surface area contributed by atoms with Crippen molar-refractivity contribution >= 4 is 11.6 Å². The number of methoxy groups -OCH3 is 1. The molecular formula is C21H23ClN2O3. The van der Waals surface area contributed by atoms with E-state index in [1.165, 1.54) is 0 Å². The first-order valence-corrected chi connectivity index (χ1v) is 9.22. The van der Waals surface area contributed by atoms with Gasteiger partial charge in [0.1, 0.15) is 5.75 Å². The molecular weight excluding hydrogens is 364 g/mol. The maximum absolute atomic E-state index is 10.5. The van der Waals surface area contributed by atoms with Crippen molar-refractivity contribution in [2.45, 2.75) is 32.0 Å². The standard InChI is InChI=1S/C21H23ClN2O3/c1-14(25)3-12-21(26)19-13-20(15-4-10-18(27-2)11-5-15)24(23-19)17-8-6-16(22)7-9-17/h4-11,13-14,21,25-26H,3,12H2,1-2H3. The summed E-state index contributed by atoms with van der Waals surface area (Å²) in [7, 11) is 1.63. The summed E-state index contributed by atoms with van der Waals surface area (Å²) < 4.78 is 7.02. The quantitative estimate of drug-likeness (QED) is 0.631. The van der Waals surface area contributed by atoms with Crippen LogP contribution >= 0.6 is 11.6 Å². The molecule has 2 unspecified atom stereocenters. The van der Waals surface area contributed by atoms with Crippen LogP contribution in [0.3, 0.4) is 0 Å². The predicted molar refractivity (Wildman–Crippen MR) is 106 cm³/mol. The molecule has 0 saturated heterocycles. The number of aliphatic hydroxyl groups is 2. The van der Waals surface area contributed by atoms with E-state index >= 15 is 0 Å². The molecule has 0 radical (unpaired) electrons. The highest BCUT2D eigenvalue weighted by Gasteiger charge is 2.18. The molecule has 0 spiro atoms. The third kappa shape index (κ3) is 4.69. The zero-order valence-corrected chi connectivity index (χ0v) is 16.1. The van der Waals surface area contributed by atoms with Gasteiger partial charge in [-0.15, -0.1) is 0 Å². The average molecular weight is 387 g/mol. The monoisotopic (exact) mass is 386 g/mol. The fraction of sp³-hybridized carbons (Fsp3) is 0.286. The smallest absolute Gasteiger partial charge is 0.118 e. The molecule has 27 heavy (non-hydrogen) atoms. The Morgan fingerprint density at radius 2 is 1.70 bits per heavy atom. The Hall–Kier alpha value is -2.34. The lowest BCUT2D eigenvalue weighted by Crippen LogP contribution is -2.06. The van der Waals surface area contributed by atoms with E-state index in [1.54, 1.807) is 30.8 Å². The van der Waals surface area contributed by atoms with E-state index in [2.05, 4.69) is 5.10 Å². The zero-order valence-electron chi connectivity index (χ0n) is 15.3. The third-order valence-corrected chi connectivity index (χ3v) is 4.64. The fourth-order valence-corrected chi connectivity index (χ4v) is 2.98. The molecule has 0 aliphatic carbocycles. The van der Waals surface area contributed by atoms with Crippen molar-refractivity contribution < 1.29 is 14.9 Å². The number of ether oxygens (including phenoxy) is 1. The Morgan fingerprint density at radius 3 is 2.30 bits per heavy atom.